The molecule has 0 unspecified atom stereocenters. The highest BCUT2D eigenvalue weighted by molar-refractivity contribution is 5.33. The van der Waals surface area contributed by atoms with Gasteiger partial charge in [-0.3, -0.25) is 0 Å². The van der Waals surface area contributed by atoms with Gasteiger partial charge in [-0.2, -0.15) is 0 Å². The number of ether oxygens (including phenoxy) is 1. The molecule has 0 radical (unpaired) electrons. The van der Waals surface area contributed by atoms with Crippen LogP contribution in [0, 0.1) is 0 Å². The van der Waals surface area contributed by atoms with Crippen molar-refractivity contribution in [2.24, 2.45) is 5.73 Å². The second kappa shape index (κ2) is 5.25. The molecule has 0 bridgehead atoms. The van der Waals surface area contributed by atoms with Gasteiger partial charge in [0.1, 0.15) is 6.61 Å². The summed E-state index contributed by atoms with van der Waals surface area (Å²) < 4.78 is 5.77. The van der Waals surface area contributed by atoms with E-state index in [0.717, 1.165) is 36.1 Å². The van der Waals surface area contributed by atoms with Crippen LogP contribution in [-0.4, -0.2) is 4.98 Å². The zero-order valence-corrected chi connectivity index (χ0v) is 11.8. The molecule has 0 spiro atoms. The highest BCUT2D eigenvalue weighted by atomic mass is 16.5. The third kappa shape index (κ3) is 2.68. The Labute approximate surface area is 119 Å². The fourth-order valence-corrected chi connectivity index (χ4v) is 2.76. The van der Waals surface area contributed by atoms with E-state index in [-0.39, 0.29) is 5.54 Å². The van der Waals surface area contributed by atoms with Crippen LogP contribution in [0.4, 0.5) is 0 Å². The molecular formula is C17H20N2O. The Bertz CT molecular complexity index is 593. The van der Waals surface area contributed by atoms with Gasteiger partial charge < -0.3 is 10.5 Å². The van der Waals surface area contributed by atoms with Crippen LogP contribution in [-0.2, 0) is 18.6 Å². The fourth-order valence-electron chi connectivity index (χ4n) is 2.76. The predicted octanol–water partition coefficient (Wildman–Crippen LogP) is 3.17. The maximum absolute atomic E-state index is 6.32. The number of benzene rings is 1. The molecule has 3 rings (SSSR count). The molecule has 2 aromatic rings. The number of fused-ring (bicyclic) bond motifs is 1. The van der Waals surface area contributed by atoms with Crippen LogP contribution in [0.2, 0.25) is 0 Å². The first-order chi connectivity index (χ1) is 9.65. The second-order valence-electron chi connectivity index (χ2n) is 5.69. The second-order valence-corrected chi connectivity index (χ2v) is 5.69. The molecule has 1 aliphatic carbocycles. The Kier molecular flexibility index (Phi) is 3.45. The summed E-state index contributed by atoms with van der Waals surface area (Å²) in [6, 6.07) is 14.1. The van der Waals surface area contributed by atoms with Gasteiger partial charge in [-0.15, -0.1) is 0 Å². The number of rotatable bonds is 3. The lowest BCUT2D eigenvalue weighted by molar-refractivity contribution is 0.290. The first-order valence-electron chi connectivity index (χ1n) is 7.11. The van der Waals surface area contributed by atoms with E-state index in [4.69, 9.17) is 10.5 Å². The van der Waals surface area contributed by atoms with Crippen molar-refractivity contribution < 1.29 is 4.74 Å². The van der Waals surface area contributed by atoms with Crippen LogP contribution in [0.1, 0.15) is 36.6 Å². The lowest BCUT2D eigenvalue weighted by atomic mass is 9.81. The zero-order chi connectivity index (χ0) is 14.0. The van der Waals surface area contributed by atoms with Crippen molar-refractivity contribution in [2.45, 2.75) is 38.3 Å². The van der Waals surface area contributed by atoms with E-state index in [1.807, 2.05) is 24.3 Å². The molecule has 1 aromatic heterocycles. The van der Waals surface area contributed by atoms with Gasteiger partial charge in [0.2, 0.25) is 5.88 Å². The molecule has 2 N–H and O–H groups in total. The number of aryl methyl sites for hydroxylation is 1. The Morgan fingerprint density at radius 2 is 2.00 bits per heavy atom. The number of hydrogen-bond donors (Lipinski definition) is 1. The molecule has 104 valence electrons. The Balaban J connectivity index is 1.76. The van der Waals surface area contributed by atoms with Crippen LogP contribution in [0.15, 0.2) is 42.5 Å². The van der Waals surface area contributed by atoms with Gasteiger partial charge in [-0.25, -0.2) is 4.98 Å². The lowest BCUT2D eigenvalue weighted by Crippen LogP contribution is -2.37. The van der Waals surface area contributed by atoms with Gasteiger partial charge in [-0.05, 0) is 37.3 Å². The molecular weight excluding hydrogens is 248 g/mol. The molecule has 0 saturated carbocycles. The summed E-state index contributed by atoms with van der Waals surface area (Å²) in [5, 5.41) is 0. The number of nitrogens with zero attached hydrogens (tertiary/aromatic N) is 1. The number of nitrogens with two attached hydrogens (primary N) is 1. The van der Waals surface area contributed by atoms with E-state index < -0.39 is 0 Å². The average Bonchev–Trinajstić information content (AvgIpc) is 2.46. The minimum absolute atomic E-state index is 0.251. The molecule has 0 aliphatic heterocycles. The standard InChI is InChI=1S/C17H20N2O/c1-17(18)11-5-8-15-14(17)9-10-16(19-15)20-12-13-6-3-2-4-7-13/h2-4,6-7,9-10H,5,8,11-12,18H2,1H3/t17-/m0/s1. The Morgan fingerprint density at radius 3 is 2.80 bits per heavy atom. The van der Waals surface area contributed by atoms with Crippen molar-refractivity contribution in [3.05, 3.63) is 59.3 Å². The van der Waals surface area contributed by atoms with Crippen molar-refractivity contribution in [2.75, 3.05) is 0 Å². The van der Waals surface area contributed by atoms with Gasteiger partial charge in [-0.1, -0.05) is 36.4 Å². The van der Waals surface area contributed by atoms with E-state index >= 15 is 0 Å². The molecule has 1 aliphatic rings. The average molecular weight is 268 g/mol. The minimum Gasteiger partial charge on any atom is -0.473 e. The van der Waals surface area contributed by atoms with Gasteiger partial charge in [0.15, 0.2) is 0 Å². The van der Waals surface area contributed by atoms with Crippen molar-refractivity contribution in [3.63, 3.8) is 0 Å². The topological polar surface area (TPSA) is 48.1 Å². The quantitative estimate of drug-likeness (QED) is 0.930. The smallest absolute Gasteiger partial charge is 0.213 e. The fraction of sp³-hybridized carbons (Fsp3) is 0.353. The zero-order valence-electron chi connectivity index (χ0n) is 11.8. The maximum atomic E-state index is 6.32. The summed E-state index contributed by atoms with van der Waals surface area (Å²) in [6.07, 6.45) is 3.10. The predicted molar refractivity (Wildman–Crippen MR) is 79.5 cm³/mol. The van der Waals surface area contributed by atoms with Crippen LogP contribution < -0.4 is 10.5 Å². The molecule has 1 heterocycles. The van der Waals surface area contributed by atoms with E-state index in [9.17, 15) is 0 Å². The normalized spacial score (nSPS) is 21.3. The molecule has 0 fully saturated rings. The van der Waals surface area contributed by atoms with E-state index in [1.54, 1.807) is 0 Å². The van der Waals surface area contributed by atoms with Crippen molar-refractivity contribution in [3.8, 4) is 5.88 Å². The molecule has 3 nitrogen and oxygen atoms in total. The molecule has 20 heavy (non-hydrogen) atoms. The first-order valence-corrected chi connectivity index (χ1v) is 7.11. The van der Waals surface area contributed by atoms with Gasteiger partial charge in [0.25, 0.3) is 0 Å². The molecule has 1 aromatic carbocycles. The summed E-state index contributed by atoms with van der Waals surface area (Å²) in [4.78, 5) is 4.62. The summed E-state index contributed by atoms with van der Waals surface area (Å²) in [5.41, 5.74) is 9.47. The lowest BCUT2D eigenvalue weighted by Gasteiger charge is -2.31. The van der Waals surface area contributed by atoms with Crippen molar-refractivity contribution in [1.29, 1.82) is 0 Å². The minimum atomic E-state index is -0.251. The first kappa shape index (κ1) is 13.1. The van der Waals surface area contributed by atoms with Gasteiger partial charge >= 0.3 is 0 Å². The SMILES string of the molecule is C[C@]1(N)CCCc2nc(OCc3ccccc3)ccc21. The third-order valence-electron chi connectivity index (χ3n) is 3.90. The number of pyridine rings is 1. The Morgan fingerprint density at radius 1 is 1.20 bits per heavy atom. The number of hydrogen-bond acceptors (Lipinski definition) is 3. The summed E-state index contributed by atoms with van der Waals surface area (Å²) in [7, 11) is 0. The Hall–Kier alpha value is -1.87. The van der Waals surface area contributed by atoms with Gasteiger partial charge in [0.05, 0.1) is 0 Å². The molecule has 3 heteroatoms. The highest BCUT2D eigenvalue weighted by Gasteiger charge is 2.28. The van der Waals surface area contributed by atoms with Crippen molar-refractivity contribution in [1.82, 2.24) is 4.98 Å². The molecule has 0 amide bonds. The van der Waals surface area contributed by atoms with Crippen molar-refractivity contribution >= 4 is 0 Å². The van der Waals surface area contributed by atoms with Crippen LogP contribution in [0.5, 0.6) is 5.88 Å². The van der Waals surface area contributed by atoms with Gasteiger partial charge in [0, 0.05) is 17.3 Å². The largest absolute Gasteiger partial charge is 0.473 e. The van der Waals surface area contributed by atoms with Crippen LogP contribution >= 0.6 is 0 Å². The van der Waals surface area contributed by atoms with Crippen LogP contribution in [0.25, 0.3) is 0 Å². The summed E-state index contributed by atoms with van der Waals surface area (Å²) in [5.74, 6) is 0.685. The van der Waals surface area contributed by atoms with E-state index in [0.29, 0.717) is 12.5 Å². The summed E-state index contributed by atoms with van der Waals surface area (Å²) in [6.45, 7) is 2.63. The van der Waals surface area contributed by atoms with Crippen LogP contribution in [0.3, 0.4) is 0 Å². The summed E-state index contributed by atoms with van der Waals surface area (Å²) >= 11 is 0. The number of aromatic nitrogens is 1. The maximum Gasteiger partial charge on any atom is 0.213 e. The molecule has 1 atom stereocenters. The van der Waals surface area contributed by atoms with E-state index in [1.165, 1.54) is 0 Å². The third-order valence-corrected chi connectivity index (χ3v) is 3.90. The van der Waals surface area contributed by atoms with E-state index in [2.05, 4.69) is 30.1 Å². The molecule has 0 saturated heterocycles. The highest BCUT2D eigenvalue weighted by Crippen LogP contribution is 2.33. The monoisotopic (exact) mass is 268 g/mol.